The molecule has 1 saturated heterocycles. The maximum Gasteiger partial charge on any atom is 0.224 e. The van der Waals surface area contributed by atoms with Crippen molar-refractivity contribution >= 4 is 11.8 Å². The zero-order valence-corrected chi connectivity index (χ0v) is 10.8. The Labute approximate surface area is 112 Å². The summed E-state index contributed by atoms with van der Waals surface area (Å²) in [5, 5.41) is 5.83. The summed E-state index contributed by atoms with van der Waals surface area (Å²) >= 11 is 0. The van der Waals surface area contributed by atoms with Crippen LogP contribution in [0.25, 0.3) is 0 Å². The molecule has 4 heteroatoms. The minimum atomic E-state index is 0.0825. The molecular weight excluding hydrogens is 240 g/mol. The van der Waals surface area contributed by atoms with Crippen LogP contribution in [0.15, 0.2) is 30.3 Å². The van der Waals surface area contributed by atoms with Gasteiger partial charge in [0.2, 0.25) is 11.8 Å². The second-order valence-corrected chi connectivity index (χ2v) is 5.41. The molecule has 0 bridgehead atoms. The fraction of sp³-hybridized carbons (Fsp3) is 0.467. The lowest BCUT2D eigenvalue weighted by Crippen LogP contribution is -2.48. The highest BCUT2D eigenvalue weighted by Crippen LogP contribution is 2.47. The predicted molar refractivity (Wildman–Crippen MR) is 71.5 cm³/mol. The smallest absolute Gasteiger partial charge is 0.224 e. The standard InChI is InChI=1S/C15H18N2O2/c18-14-7-6-11(9-16-14)17-15(19)13-8-12(13)10-4-2-1-3-5-10/h1-5,11-13H,6-9H2,(H,16,18)(H,17,19). The average molecular weight is 258 g/mol. The molecule has 1 aromatic rings. The summed E-state index contributed by atoms with van der Waals surface area (Å²) in [5.41, 5.74) is 1.25. The Morgan fingerprint density at radius 1 is 1.26 bits per heavy atom. The first-order chi connectivity index (χ1) is 9.24. The maximum atomic E-state index is 12.1. The number of carbonyl (C=O) groups is 2. The zero-order chi connectivity index (χ0) is 13.2. The first-order valence-electron chi connectivity index (χ1n) is 6.86. The number of rotatable bonds is 3. The van der Waals surface area contributed by atoms with Gasteiger partial charge in [-0.2, -0.15) is 0 Å². The van der Waals surface area contributed by atoms with E-state index in [-0.39, 0.29) is 23.8 Å². The van der Waals surface area contributed by atoms with Crippen LogP contribution in [0.5, 0.6) is 0 Å². The fourth-order valence-electron chi connectivity index (χ4n) is 2.72. The highest BCUT2D eigenvalue weighted by Gasteiger charge is 2.44. The first kappa shape index (κ1) is 12.2. The lowest BCUT2D eigenvalue weighted by Gasteiger charge is -2.23. The lowest BCUT2D eigenvalue weighted by molar-refractivity contribution is -0.126. The van der Waals surface area contributed by atoms with E-state index in [1.165, 1.54) is 5.56 Å². The monoisotopic (exact) mass is 258 g/mol. The molecule has 0 spiro atoms. The number of piperidine rings is 1. The molecule has 4 nitrogen and oxygen atoms in total. The fourth-order valence-corrected chi connectivity index (χ4v) is 2.72. The molecular formula is C15H18N2O2. The van der Waals surface area contributed by atoms with E-state index < -0.39 is 0 Å². The van der Waals surface area contributed by atoms with Gasteiger partial charge in [0, 0.05) is 24.9 Å². The second kappa shape index (κ2) is 5.03. The van der Waals surface area contributed by atoms with Crippen molar-refractivity contribution < 1.29 is 9.59 Å². The van der Waals surface area contributed by atoms with Crippen molar-refractivity contribution in [2.24, 2.45) is 5.92 Å². The van der Waals surface area contributed by atoms with E-state index >= 15 is 0 Å². The van der Waals surface area contributed by atoms with Gasteiger partial charge in [0.05, 0.1) is 0 Å². The van der Waals surface area contributed by atoms with Crippen LogP contribution in [0, 0.1) is 5.92 Å². The molecule has 3 atom stereocenters. The quantitative estimate of drug-likeness (QED) is 0.855. The Bertz CT molecular complexity index is 476. The number of hydrogen-bond donors (Lipinski definition) is 2. The summed E-state index contributed by atoms with van der Waals surface area (Å²) in [7, 11) is 0. The normalized spacial score (nSPS) is 29.5. The summed E-state index contributed by atoms with van der Waals surface area (Å²) in [6.07, 6.45) is 2.20. The van der Waals surface area contributed by atoms with Crippen molar-refractivity contribution in [2.75, 3.05) is 6.54 Å². The van der Waals surface area contributed by atoms with Crippen LogP contribution in [0.4, 0.5) is 0 Å². The maximum absolute atomic E-state index is 12.1. The van der Waals surface area contributed by atoms with Crippen molar-refractivity contribution in [1.29, 1.82) is 0 Å². The Balaban J connectivity index is 1.51. The molecule has 2 aliphatic rings. The average Bonchev–Trinajstić information content (AvgIpc) is 3.23. The summed E-state index contributed by atoms with van der Waals surface area (Å²) in [5.74, 6) is 0.702. The minimum Gasteiger partial charge on any atom is -0.354 e. The van der Waals surface area contributed by atoms with Crippen molar-refractivity contribution in [3.05, 3.63) is 35.9 Å². The molecule has 3 unspecified atom stereocenters. The second-order valence-electron chi connectivity index (χ2n) is 5.41. The Kier molecular flexibility index (Phi) is 3.23. The SMILES string of the molecule is O=C1CCC(NC(=O)C2CC2c2ccccc2)CN1. The third kappa shape index (κ3) is 2.78. The van der Waals surface area contributed by atoms with E-state index in [4.69, 9.17) is 0 Å². The number of hydrogen-bond acceptors (Lipinski definition) is 2. The van der Waals surface area contributed by atoms with Gasteiger partial charge in [-0.25, -0.2) is 0 Å². The van der Waals surface area contributed by atoms with Gasteiger partial charge in [-0.1, -0.05) is 30.3 Å². The third-order valence-electron chi connectivity index (χ3n) is 3.97. The molecule has 1 aliphatic heterocycles. The van der Waals surface area contributed by atoms with Crippen LogP contribution >= 0.6 is 0 Å². The number of amides is 2. The van der Waals surface area contributed by atoms with E-state index in [0.717, 1.165) is 12.8 Å². The molecule has 2 N–H and O–H groups in total. The Morgan fingerprint density at radius 2 is 2.05 bits per heavy atom. The summed E-state index contributed by atoms with van der Waals surface area (Å²) < 4.78 is 0. The van der Waals surface area contributed by atoms with Crippen LogP contribution in [0.1, 0.15) is 30.7 Å². The van der Waals surface area contributed by atoms with E-state index in [1.807, 2.05) is 18.2 Å². The van der Waals surface area contributed by atoms with Crippen molar-refractivity contribution in [1.82, 2.24) is 10.6 Å². The van der Waals surface area contributed by atoms with Gasteiger partial charge in [0.15, 0.2) is 0 Å². The molecule has 0 radical (unpaired) electrons. The molecule has 2 amide bonds. The van der Waals surface area contributed by atoms with Gasteiger partial charge in [-0.3, -0.25) is 9.59 Å². The Hall–Kier alpha value is -1.84. The van der Waals surface area contributed by atoms with Gasteiger partial charge >= 0.3 is 0 Å². The van der Waals surface area contributed by atoms with E-state index in [0.29, 0.717) is 18.9 Å². The number of carbonyl (C=O) groups excluding carboxylic acids is 2. The lowest BCUT2D eigenvalue weighted by atomic mass is 10.1. The molecule has 3 rings (SSSR count). The van der Waals surface area contributed by atoms with Crippen LogP contribution in [-0.2, 0) is 9.59 Å². The van der Waals surface area contributed by atoms with Crippen LogP contribution in [0.3, 0.4) is 0 Å². The van der Waals surface area contributed by atoms with Gasteiger partial charge in [-0.05, 0) is 24.3 Å². The topological polar surface area (TPSA) is 58.2 Å². The van der Waals surface area contributed by atoms with Gasteiger partial charge in [-0.15, -0.1) is 0 Å². The van der Waals surface area contributed by atoms with Crippen molar-refractivity contribution in [3.63, 3.8) is 0 Å². The molecule has 1 saturated carbocycles. The molecule has 19 heavy (non-hydrogen) atoms. The van der Waals surface area contributed by atoms with E-state index in [2.05, 4.69) is 22.8 Å². The number of benzene rings is 1. The van der Waals surface area contributed by atoms with Crippen molar-refractivity contribution in [2.45, 2.75) is 31.2 Å². The summed E-state index contributed by atoms with van der Waals surface area (Å²) in [4.78, 5) is 23.2. The minimum absolute atomic E-state index is 0.0825. The highest BCUT2D eigenvalue weighted by atomic mass is 16.2. The molecule has 0 aromatic heterocycles. The van der Waals surface area contributed by atoms with E-state index in [9.17, 15) is 9.59 Å². The largest absolute Gasteiger partial charge is 0.354 e. The van der Waals surface area contributed by atoms with Gasteiger partial charge < -0.3 is 10.6 Å². The summed E-state index contributed by atoms with van der Waals surface area (Å²) in [6, 6.07) is 10.3. The number of nitrogens with one attached hydrogen (secondary N) is 2. The predicted octanol–water partition coefficient (Wildman–Crippen LogP) is 1.18. The molecule has 1 heterocycles. The van der Waals surface area contributed by atoms with E-state index in [1.54, 1.807) is 0 Å². The van der Waals surface area contributed by atoms with Crippen molar-refractivity contribution in [3.8, 4) is 0 Å². The molecule has 2 fully saturated rings. The first-order valence-corrected chi connectivity index (χ1v) is 6.86. The molecule has 1 aromatic carbocycles. The third-order valence-corrected chi connectivity index (χ3v) is 3.97. The van der Waals surface area contributed by atoms with Crippen LogP contribution < -0.4 is 10.6 Å². The molecule has 100 valence electrons. The van der Waals surface area contributed by atoms with Crippen LogP contribution in [-0.4, -0.2) is 24.4 Å². The Morgan fingerprint density at radius 3 is 2.74 bits per heavy atom. The molecule has 1 aliphatic carbocycles. The van der Waals surface area contributed by atoms with Gasteiger partial charge in [0.25, 0.3) is 0 Å². The zero-order valence-electron chi connectivity index (χ0n) is 10.8. The highest BCUT2D eigenvalue weighted by molar-refractivity contribution is 5.83. The summed E-state index contributed by atoms with van der Waals surface area (Å²) in [6.45, 7) is 0.563. The van der Waals surface area contributed by atoms with Gasteiger partial charge in [0.1, 0.15) is 0 Å². The van der Waals surface area contributed by atoms with Crippen LogP contribution in [0.2, 0.25) is 0 Å².